The van der Waals surface area contributed by atoms with Crippen LogP contribution in [0.4, 0.5) is 5.69 Å². The minimum atomic E-state index is -0.165. The van der Waals surface area contributed by atoms with E-state index in [4.69, 9.17) is 4.74 Å². The van der Waals surface area contributed by atoms with E-state index in [0.29, 0.717) is 13.0 Å². The van der Waals surface area contributed by atoms with Crippen LogP contribution in [0.1, 0.15) is 62.3 Å². The molecule has 1 aromatic carbocycles. The van der Waals surface area contributed by atoms with Gasteiger partial charge in [0.1, 0.15) is 0 Å². The Morgan fingerprint density at radius 1 is 1.04 bits per heavy atom. The second kappa shape index (κ2) is 14.0. The summed E-state index contributed by atoms with van der Waals surface area (Å²) in [7, 11) is 0. The van der Waals surface area contributed by atoms with E-state index in [1.807, 2.05) is 31.2 Å². The van der Waals surface area contributed by atoms with Crippen molar-refractivity contribution in [1.82, 2.24) is 0 Å². The highest BCUT2D eigenvalue weighted by atomic mass is 32.1. The third kappa shape index (κ3) is 9.75. The summed E-state index contributed by atoms with van der Waals surface area (Å²) in [5, 5.41) is 5.58. The molecule has 28 heavy (non-hydrogen) atoms. The molecule has 2 rings (SSSR count). The number of hydrogen-bond acceptors (Lipinski definition) is 4. The minimum Gasteiger partial charge on any atom is -0.466 e. The van der Waals surface area contributed by atoms with Crippen LogP contribution in [-0.2, 0) is 16.0 Å². The summed E-state index contributed by atoms with van der Waals surface area (Å²) in [6.07, 6.45) is 13.8. The fraction of sp³-hybridized carbons (Fsp3) is 0.458. The molecule has 2 aromatic rings. The summed E-state index contributed by atoms with van der Waals surface area (Å²) in [4.78, 5) is 12.8. The van der Waals surface area contributed by atoms with Crippen molar-refractivity contribution in [2.45, 2.75) is 58.3 Å². The van der Waals surface area contributed by atoms with Crippen molar-refractivity contribution in [1.29, 1.82) is 0 Å². The van der Waals surface area contributed by atoms with Gasteiger partial charge in [0.25, 0.3) is 0 Å². The summed E-state index contributed by atoms with van der Waals surface area (Å²) in [5.41, 5.74) is 2.11. The maximum absolute atomic E-state index is 11.5. The number of carbonyl (C=O) groups excluding carboxylic acids is 1. The number of ether oxygens (including phenoxy) is 1. The Morgan fingerprint density at radius 2 is 1.79 bits per heavy atom. The predicted molar refractivity (Wildman–Crippen MR) is 121 cm³/mol. The van der Waals surface area contributed by atoms with Gasteiger partial charge < -0.3 is 10.1 Å². The van der Waals surface area contributed by atoms with E-state index in [1.54, 1.807) is 11.3 Å². The van der Waals surface area contributed by atoms with E-state index >= 15 is 0 Å². The lowest BCUT2D eigenvalue weighted by molar-refractivity contribution is -0.142. The Labute approximate surface area is 173 Å². The molecule has 0 saturated heterocycles. The summed E-state index contributed by atoms with van der Waals surface area (Å²) < 4.78 is 4.97. The molecule has 0 radical (unpaired) electrons. The minimum absolute atomic E-state index is 0.165. The van der Waals surface area contributed by atoms with Crippen molar-refractivity contribution in [3.8, 4) is 0 Å². The highest BCUT2D eigenvalue weighted by Gasteiger charge is 2.03. The molecular formula is C24H33NO2S. The van der Waals surface area contributed by atoms with Gasteiger partial charge in [-0.15, -0.1) is 11.3 Å². The maximum atomic E-state index is 11.5. The standard InChI is InChI=1S/C24H33NO2S/c1-2-27-24(26)20-21-14-16-22(17-15-21)25-18-10-8-6-4-3-5-7-9-12-23-13-11-19-28-23/h9,11-17,19,25H,2-8,10,18,20H2,1H3. The van der Waals surface area contributed by atoms with Gasteiger partial charge in [0.15, 0.2) is 0 Å². The zero-order valence-electron chi connectivity index (χ0n) is 17.0. The van der Waals surface area contributed by atoms with Gasteiger partial charge in [-0.2, -0.15) is 0 Å². The van der Waals surface area contributed by atoms with Gasteiger partial charge in [0.2, 0.25) is 0 Å². The quantitative estimate of drug-likeness (QED) is 0.283. The fourth-order valence-electron chi connectivity index (χ4n) is 3.03. The lowest BCUT2D eigenvalue weighted by atomic mass is 10.1. The third-order valence-corrected chi connectivity index (χ3v) is 5.40. The highest BCUT2D eigenvalue weighted by molar-refractivity contribution is 7.10. The number of anilines is 1. The second-order valence-electron chi connectivity index (χ2n) is 6.93. The molecule has 3 nitrogen and oxygen atoms in total. The molecule has 152 valence electrons. The Kier molecular flexibility index (Phi) is 11.1. The summed E-state index contributed by atoms with van der Waals surface area (Å²) in [5.74, 6) is -0.165. The lowest BCUT2D eigenvalue weighted by Gasteiger charge is -2.08. The number of nitrogens with one attached hydrogen (secondary N) is 1. The van der Waals surface area contributed by atoms with Gasteiger partial charge in [-0.3, -0.25) is 4.79 Å². The zero-order valence-corrected chi connectivity index (χ0v) is 17.8. The van der Waals surface area contributed by atoms with Gasteiger partial charge in [-0.05, 0) is 61.4 Å². The van der Waals surface area contributed by atoms with E-state index in [0.717, 1.165) is 17.8 Å². The van der Waals surface area contributed by atoms with E-state index < -0.39 is 0 Å². The van der Waals surface area contributed by atoms with Crippen molar-refractivity contribution in [3.63, 3.8) is 0 Å². The van der Waals surface area contributed by atoms with Crippen LogP contribution in [0.5, 0.6) is 0 Å². The summed E-state index contributed by atoms with van der Waals surface area (Å²) in [6, 6.07) is 12.3. The van der Waals surface area contributed by atoms with Crippen LogP contribution in [0.2, 0.25) is 0 Å². The van der Waals surface area contributed by atoms with Crippen molar-refractivity contribution in [2.24, 2.45) is 0 Å². The SMILES string of the molecule is CCOC(=O)Cc1ccc(NCCCCCCCCC=Cc2cccs2)cc1. The number of allylic oxidation sites excluding steroid dienone is 1. The highest BCUT2D eigenvalue weighted by Crippen LogP contribution is 2.13. The molecule has 4 heteroatoms. The molecule has 0 aliphatic heterocycles. The molecule has 1 aromatic heterocycles. The Balaban J connectivity index is 1.44. The third-order valence-electron chi connectivity index (χ3n) is 4.56. The topological polar surface area (TPSA) is 38.3 Å². The molecule has 1 heterocycles. The Morgan fingerprint density at radius 3 is 2.50 bits per heavy atom. The van der Waals surface area contributed by atoms with Gasteiger partial charge >= 0.3 is 5.97 Å². The first-order valence-corrected chi connectivity index (χ1v) is 11.3. The van der Waals surface area contributed by atoms with Gasteiger partial charge in [-0.1, -0.05) is 50.0 Å². The number of thiophene rings is 1. The maximum Gasteiger partial charge on any atom is 0.310 e. The normalized spacial score (nSPS) is 11.0. The van der Waals surface area contributed by atoms with E-state index in [1.165, 1.54) is 49.8 Å². The number of carbonyl (C=O) groups is 1. The molecule has 0 aliphatic rings. The Bertz CT molecular complexity index is 677. The molecule has 1 N–H and O–H groups in total. The van der Waals surface area contributed by atoms with Crippen molar-refractivity contribution >= 4 is 29.1 Å². The fourth-order valence-corrected chi connectivity index (χ4v) is 3.68. The molecule has 0 fully saturated rings. The van der Waals surface area contributed by atoms with E-state index in [-0.39, 0.29) is 5.97 Å². The molecule has 0 unspecified atom stereocenters. The first kappa shape index (κ1) is 22.2. The smallest absolute Gasteiger partial charge is 0.310 e. The van der Waals surface area contributed by atoms with E-state index in [2.05, 4.69) is 35.0 Å². The van der Waals surface area contributed by atoms with Gasteiger partial charge in [0.05, 0.1) is 13.0 Å². The average molecular weight is 400 g/mol. The van der Waals surface area contributed by atoms with Gasteiger partial charge in [-0.25, -0.2) is 0 Å². The van der Waals surface area contributed by atoms with Crippen LogP contribution in [0.15, 0.2) is 47.9 Å². The van der Waals surface area contributed by atoms with Crippen LogP contribution in [0.3, 0.4) is 0 Å². The second-order valence-corrected chi connectivity index (χ2v) is 7.91. The molecule has 0 atom stereocenters. The first-order valence-electron chi connectivity index (χ1n) is 10.5. The molecular weight excluding hydrogens is 366 g/mol. The monoisotopic (exact) mass is 399 g/mol. The molecule has 0 saturated carbocycles. The number of hydrogen-bond donors (Lipinski definition) is 1. The van der Waals surface area contributed by atoms with Crippen LogP contribution < -0.4 is 5.32 Å². The molecule has 0 bridgehead atoms. The largest absolute Gasteiger partial charge is 0.466 e. The Hall–Kier alpha value is -2.07. The average Bonchev–Trinajstić information content (AvgIpc) is 3.21. The van der Waals surface area contributed by atoms with E-state index in [9.17, 15) is 4.79 Å². The van der Waals surface area contributed by atoms with Crippen LogP contribution in [0.25, 0.3) is 6.08 Å². The van der Waals surface area contributed by atoms with Gasteiger partial charge in [0, 0.05) is 17.1 Å². The number of rotatable bonds is 14. The molecule has 0 aliphatic carbocycles. The van der Waals surface area contributed by atoms with Crippen molar-refractivity contribution < 1.29 is 9.53 Å². The lowest BCUT2D eigenvalue weighted by Crippen LogP contribution is -2.07. The first-order chi connectivity index (χ1) is 13.8. The summed E-state index contributed by atoms with van der Waals surface area (Å²) in [6.45, 7) is 3.27. The predicted octanol–water partition coefficient (Wildman–Crippen LogP) is 6.71. The van der Waals surface area contributed by atoms with Crippen molar-refractivity contribution in [2.75, 3.05) is 18.5 Å². The zero-order chi connectivity index (χ0) is 19.9. The number of esters is 1. The van der Waals surface area contributed by atoms with Crippen LogP contribution in [-0.4, -0.2) is 19.1 Å². The van der Waals surface area contributed by atoms with Crippen molar-refractivity contribution in [3.05, 3.63) is 58.3 Å². The molecule has 0 spiro atoms. The number of benzene rings is 1. The van der Waals surface area contributed by atoms with Crippen LogP contribution >= 0.6 is 11.3 Å². The number of unbranched alkanes of at least 4 members (excludes halogenated alkanes) is 6. The molecule has 0 amide bonds. The van der Waals surface area contributed by atoms with Crippen LogP contribution in [0, 0.1) is 0 Å². The summed E-state index contributed by atoms with van der Waals surface area (Å²) >= 11 is 1.79.